The molecule has 1 heterocycles. The molecule has 0 aromatic heterocycles. The van der Waals surface area contributed by atoms with Crippen molar-refractivity contribution >= 4 is 5.91 Å². The number of nitrogens with two attached hydrogens (primary N) is 1. The van der Waals surface area contributed by atoms with E-state index < -0.39 is 6.04 Å². The van der Waals surface area contributed by atoms with Gasteiger partial charge in [-0.05, 0) is 12.8 Å². The second-order valence-electron chi connectivity index (χ2n) is 3.75. The number of terminal acetylenes is 1. The van der Waals surface area contributed by atoms with Crippen molar-refractivity contribution in [1.82, 2.24) is 4.90 Å². The Morgan fingerprint density at radius 3 is 2.43 bits per heavy atom. The summed E-state index contributed by atoms with van der Waals surface area (Å²) in [6, 6.07) is -0.502. The minimum atomic E-state index is -0.502. The normalized spacial score (nSPS) is 19.6. The van der Waals surface area contributed by atoms with Crippen LogP contribution in [-0.4, -0.2) is 29.9 Å². The summed E-state index contributed by atoms with van der Waals surface area (Å²) in [7, 11) is 0. The van der Waals surface area contributed by atoms with Gasteiger partial charge in [-0.15, -0.1) is 12.3 Å². The van der Waals surface area contributed by atoms with Crippen molar-refractivity contribution in [3.63, 3.8) is 0 Å². The van der Waals surface area contributed by atoms with Gasteiger partial charge in [-0.2, -0.15) is 0 Å². The van der Waals surface area contributed by atoms with E-state index in [0.29, 0.717) is 6.42 Å². The van der Waals surface area contributed by atoms with E-state index in [-0.39, 0.29) is 5.91 Å². The largest absolute Gasteiger partial charge is 0.341 e. The van der Waals surface area contributed by atoms with Crippen LogP contribution in [0.2, 0.25) is 0 Å². The van der Waals surface area contributed by atoms with E-state index in [9.17, 15) is 4.79 Å². The van der Waals surface area contributed by atoms with Gasteiger partial charge in [0.25, 0.3) is 0 Å². The Labute approximate surface area is 85.6 Å². The molecular weight excluding hydrogens is 176 g/mol. The van der Waals surface area contributed by atoms with E-state index in [4.69, 9.17) is 12.2 Å². The van der Waals surface area contributed by atoms with Crippen molar-refractivity contribution in [3.8, 4) is 12.3 Å². The molecule has 1 atom stereocenters. The first kappa shape index (κ1) is 11.1. The van der Waals surface area contributed by atoms with Crippen LogP contribution in [0.4, 0.5) is 0 Å². The van der Waals surface area contributed by atoms with Gasteiger partial charge < -0.3 is 10.6 Å². The number of likely N-dealkylation sites (tertiary alicyclic amines) is 1. The van der Waals surface area contributed by atoms with Crippen LogP contribution in [0.1, 0.15) is 32.1 Å². The maximum absolute atomic E-state index is 11.7. The van der Waals surface area contributed by atoms with E-state index >= 15 is 0 Å². The van der Waals surface area contributed by atoms with Crippen molar-refractivity contribution in [3.05, 3.63) is 0 Å². The fraction of sp³-hybridized carbons (Fsp3) is 0.727. The monoisotopic (exact) mass is 194 g/mol. The highest BCUT2D eigenvalue weighted by Gasteiger charge is 2.20. The third-order valence-corrected chi connectivity index (χ3v) is 2.57. The molecule has 1 saturated heterocycles. The molecule has 0 radical (unpaired) electrons. The summed E-state index contributed by atoms with van der Waals surface area (Å²) in [5, 5.41) is 0. The van der Waals surface area contributed by atoms with Gasteiger partial charge in [0.05, 0.1) is 6.04 Å². The van der Waals surface area contributed by atoms with Gasteiger partial charge in [-0.3, -0.25) is 4.79 Å². The molecule has 0 aromatic rings. The fourth-order valence-electron chi connectivity index (χ4n) is 1.74. The molecule has 3 nitrogen and oxygen atoms in total. The lowest BCUT2D eigenvalue weighted by atomic mass is 10.2. The molecule has 1 fully saturated rings. The number of amides is 1. The van der Waals surface area contributed by atoms with Crippen LogP contribution < -0.4 is 5.73 Å². The second-order valence-corrected chi connectivity index (χ2v) is 3.75. The topological polar surface area (TPSA) is 46.3 Å². The Bertz CT molecular complexity index is 224. The van der Waals surface area contributed by atoms with Gasteiger partial charge >= 0.3 is 0 Å². The summed E-state index contributed by atoms with van der Waals surface area (Å²) in [6.07, 6.45) is 10.1. The van der Waals surface area contributed by atoms with Gasteiger partial charge in [0.15, 0.2) is 0 Å². The van der Waals surface area contributed by atoms with Gasteiger partial charge in [0.2, 0.25) is 5.91 Å². The molecule has 14 heavy (non-hydrogen) atoms. The van der Waals surface area contributed by atoms with Crippen LogP contribution in [0.5, 0.6) is 0 Å². The van der Waals surface area contributed by atoms with E-state index in [1.807, 2.05) is 4.90 Å². The molecule has 1 unspecified atom stereocenters. The van der Waals surface area contributed by atoms with Gasteiger partial charge in [0.1, 0.15) is 0 Å². The maximum Gasteiger partial charge on any atom is 0.240 e. The third-order valence-electron chi connectivity index (χ3n) is 2.57. The average molecular weight is 194 g/mol. The maximum atomic E-state index is 11.7. The Balaban J connectivity index is 2.45. The van der Waals surface area contributed by atoms with Crippen LogP contribution in [0, 0.1) is 12.3 Å². The lowest BCUT2D eigenvalue weighted by molar-refractivity contribution is -0.132. The molecule has 0 spiro atoms. The molecule has 0 aliphatic carbocycles. The first-order chi connectivity index (χ1) is 6.75. The highest BCUT2D eigenvalue weighted by Crippen LogP contribution is 2.10. The van der Waals surface area contributed by atoms with E-state index in [1.165, 1.54) is 12.8 Å². The second kappa shape index (κ2) is 5.66. The van der Waals surface area contributed by atoms with E-state index in [0.717, 1.165) is 25.9 Å². The van der Waals surface area contributed by atoms with Crippen molar-refractivity contribution in [1.29, 1.82) is 0 Å². The SMILES string of the molecule is C#CCC(N)C(=O)N1CCCCCC1. The Kier molecular flexibility index (Phi) is 4.48. The van der Waals surface area contributed by atoms with Crippen LogP contribution in [0.25, 0.3) is 0 Å². The predicted octanol–water partition coefficient (Wildman–Crippen LogP) is 0.740. The molecule has 78 valence electrons. The molecular formula is C11H18N2O. The van der Waals surface area contributed by atoms with Gasteiger partial charge in [-0.25, -0.2) is 0 Å². The molecule has 1 rings (SSSR count). The van der Waals surface area contributed by atoms with Crippen molar-refractivity contribution in [2.45, 2.75) is 38.1 Å². The predicted molar refractivity (Wildman–Crippen MR) is 56.5 cm³/mol. The van der Waals surface area contributed by atoms with Crippen LogP contribution >= 0.6 is 0 Å². The molecule has 1 amide bonds. The lowest BCUT2D eigenvalue weighted by Crippen LogP contribution is -2.43. The van der Waals surface area contributed by atoms with E-state index in [1.54, 1.807) is 0 Å². The molecule has 3 heteroatoms. The first-order valence-corrected chi connectivity index (χ1v) is 5.23. The van der Waals surface area contributed by atoms with Crippen LogP contribution in [0.3, 0.4) is 0 Å². The van der Waals surface area contributed by atoms with Crippen molar-refractivity contribution in [2.75, 3.05) is 13.1 Å². The highest BCUT2D eigenvalue weighted by atomic mass is 16.2. The summed E-state index contributed by atoms with van der Waals surface area (Å²) >= 11 is 0. The number of carbonyl (C=O) groups is 1. The molecule has 0 saturated carbocycles. The summed E-state index contributed by atoms with van der Waals surface area (Å²) in [6.45, 7) is 1.69. The van der Waals surface area contributed by atoms with E-state index in [2.05, 4.69) is 5.92 Å². The zero-order valence-corrected chi connectivity index (χ0v) is 8.54. The number of rotatable bonds is 2. The minimum absolute atomic E-state index is 0.0184. The smallest absolute Gasteiger partial charge is 0.240 e. The molecule has 2 N–H and O–H groups in total. The number of hydrogen-bond donors (Lipinski definition) is 1. The van der Waals surface area contributed by atoms with Crippen molar-refractivity contribution < 1.29 is 4.79 Å². The molecule has 0 bridgehead atoms. The van der Waals surface area contributed by atoms with Gasteiger partial charge in [0, 0.05) is 19.5 Å². The number of nitrogens with zero attached hydrogens (tertiary/aromatic N) is 1. The summed E-state index contributed by atoms with van der Waals surface area (Å²) in [5.41, 5.74) is 5.68. The van der Waals surface area contributed by atoms with Crippen LogP contribution in [-0.2, 0) is 4.79 Å². The van der Waals surface area contributed by atoms with Crippen molar-refractivity contribution in [2.24, 2.45) is 5.73 Å². The quantitative estimate of drug-likeness (QED) is 0.659. The summed E-state index contributed by atoms with van der Waals surface area (Å²) in [5.74, 6) is 2.45. The number of carbonyl (C=O) groups excluding carboxylic acids is 1. The van der Waals surface area contributed by atoms with Gasteiger partial charge in [-0.1, -0.05) is 12.8 Å². The lowest BCUT2D eigenvalue weighted by Gasteiger charge is -2.22. The summed E-state index contributed by atoms with van der Waals surface area (Å²) in [4.78, 5) is 13.6. The zero-order valence-electron chi connectivity index (χ0n) is 8.54. The standard InChI is InChI=1S/C11H18N2O/c1-2-7-10(12)11(14)13-8-5-3-4-6-9-13/h1,10H,3-9,12H2. The molecule has 1 aliphatic heterocycles. The van der Waals surface area contributed by atoms with Crippen LogP contribution in [0.15, 0.2) is 0 Å². The highest BCUT2D eigenvalue weighted by molar-refractivity contribution is 5.82. The Morgan fingerprint density at radius 1 is 1.36 bits per heavy atom. The fourth-order valence-corrected chi connectivity index (χ4v) is 1.74. The average Bonchev–Trinajstić information content (AvgIpc) is 2.45. The number of hydrogen-bond acceptors (Lipinski definition) is 2. The Morgan fingerprint density at radius 2 is 1.93 bits per heavy atom. The first-order valence-electron chi connectivity index (χ1n) is 5.23. The third kappa shape index (κ3) is 3.04. The zero-order chi connectivity index (χ0) is 10.4. The Hall–Kier alpha value is -1.01. The minimum Gasteiger partial charge on any atom is -0.341 e. The molecule has 1 aliphatic rings. The molecule has 0 aromatic carbocycles. The summed E-state index contributed by atoms with van der Waals surface area (Å²) < 4.78 is 0.